The molecule has 0 aromatic carbocycles. The molecule has 25 atom stereocenters. The van der Waals surface area contributed by atoms with Crippen LogP contribution >= 0.6 is 0 Å². The van der Waals surface area contributed by atoms with E-state index in [9.17, 15) is 45.6 Å². The van der Waals surface area contributed by atoms with Crippen LogP contribution in [0.2, 0.25) is 0 Å². The van der Waals surface area contributed by atoms with E-state index >= 15 is 0 Å². The van der Waals surface area contributed by atoms with E-state index in [1.807, 2.05) is 6.92 Å². The van der Waals surface area contributed by atoms with Gasteiger partial charge in [-0.1, -0.05) is 60.1 Å². The normalized spacial score (nSPS) is 54.8. The van der Waals surface area contributed by atoms with Crippen LogP contribution in [0.4, 0.5) is 0 Å². The molecule has 4 saturated carbocycles. The van der Waals surface area contributed by atoms with Gasteiger partial charge in [-0.3, -0.25) is 4.79 Å². The van der Waals surface area contributed by atoms with Gasteiger partial charge in [0.05, 0.1) is 36.9 Å². The molecule has 5 aliphatic carbocycles. The molecule has 0 bridgehead atoms. The van der Waals surface area contributed by atoms with Crippen LogP contribution in [-0.2, 0) is 38.0 Å². The molecule has 0 amide bonds. The van der Waals surface area contributed by atoms with Gasteiger partial charge in [0.25, 0.3) is 0 Å². The molecule has 378 valence electrons. The Kier molecular flexibility index (Phi) is 14.2. The number of esters is 1. The Balaban J connectivity index is 1.07. The predicted octanol–water partition coefficient (Wildman–Crippen LogP) is 3.10. The molecular weight excluding hydrogens is 857 g/mol. The first kappa shape index (κ1) is 51.0. The number of carbonyl (C=O) groups is 1. The summed E-state index contributed by atoms with van der Waals surface area (Å²) in [5, 5.41) is 86.8. The molecule has 7 fully saturated rings. The molecule has 0 radical (unpaired) electrons. The lowest BCUT2D eigenvalue weighted by molar-refractivity contribution is -0.393. The minimum Gasteiger partial charge on any atom is -0.466 e. The number of rotatable bonds is 9. The van der Waals surface area contributed by atoms with Crippen LogP contribution in [0.25, 0.3) is 0 Å². The molecule has 3 aliphatic heterocycles. The van der Waals surface area contributed by atoms with E-state index in [1.165, 1.54) is 19.4 Å². The van der Waals surface area contributed by atoms with Gasteiger partial charge in [0.15, 0.2) is 18.9 Å². The summed E-state index contributed by atoms with van der Waals surface area (Å²) in [4.78, 5) is 14.0. The molecule has 3 saturated heterocycles. The number of allylic oxidation sites excluding steroid dienone is 2. The average molecular weight is 939 g/mol. The van der Waals surface area contributed by atoms with E-state index in [-0.39, 0.29) is 34.1 Å². The van der Waals surface area contributed by atoms with Crippen molar-refractivity contribution >= 4 is 5.97 Å². The zero-order valence-electron chi connectivity index (χ0n) is 40.8. The van der Waals surface area contributed by atoms with Gasteiger partial charge in [-0.15, -0.1) is 0 Å². The number of aliphatic hydroxyl groups is 8. The summed E-state index contributed by atoms with van der Waals surface area (Å²) >= 11 is 0. The van der Waals surface area contributed by atoms with Gasteiger partial charge in [-0.2, -0.15) is 0 Å². The van der Waals surface area contributed by atoms with Crippen LogP contribution in [0.15, 0.2) is 11.6 Å². The zero-order chi connectivity index (χ0) is 48.2. The first-order valence-electron chi connectivity index (χ1n) is 25.1. The van der Waals surface area contributed by atoms with Crippen molar-refractivity contribution in [2.24, 2.45) is 56.7 Å². The topological polar surface area (TPSA) is 244 Å². The molecular formula is C50H82O16. The van der Waals surface area contributed by atoms with Gasteiger partial charge in [0, 0.05) is 0 Å². The Hall–Kier alpha value is -1.35. The maximum absolute atomic E-state index is 14.0. The summed E-state index contributed by atoms with van der Waals surface area (Å²) in [6, 6.07) is 0. The molecule has 16 nitrogen and oxygen atoms in total. The quantitative estimate of drug-likeness (QED) is 0.0941. The number of aliphatic hydroxyl groups excluding tert-OH is 8. The van der Waals surface area contributed by atoms with Gasteiger partial charge in [-0.25, -0.2) is 0 Å². The Morgan fingerprint density at radius 1 is 0.667 bits per heavy atom. The van der Waals surface area contributed by atoms with Crippen molar-refractivity contribution in [2.45, 2.75) is 225 Å². The average Bonchev–Trinajstić information content (AvgIpc) is 3.27. The first-order chi connectivity index (χ1) is 30.9. The Morgan fingerprint density at radius 2 is 1.27 bits per heavy atom. The smallest absolute Gasteiger partial charge is 0.312 e. The summed E-state index contributed by atoms with van der Waals surface area (Å²) in [5.74, 6) is 1.57. The minimum absolute atomic E-state index is 0.0178. The molecule has 0 aromatic rings. The van der Waals surface area contributed by atoms with Gasteiger partial charge in [0.1, 0.15) is 61.0 Å². The highest BCUT2D eigenvalue weighted by Crippen LogP contribution is 2.76. The fourth-order valence-electron chi connectivity index (χ4n) is 15.5. The summed E-state index contributed by atoms with van der Waals surface area (Å²) in [6.45, 7) is 21.3. The lowest BCUT2D eigenvalue weighted by atomic mass is 9.33. The van der Waals surface area contributed by atoms with Crippen LogP contribution in [0.5, 0.6) is 0 Å². The van der Waals surface area contributed by atoms with Crippen LogP contribution in [-0.4, -0.2) is 158 Å². The molecule has 0 aromatic heterocycles. The molecule has 0 unspecified atom stereocenters. The van der Waals surface area contributed by atoms with E-state index in [2.05, 4.69) is 54.5 Å². The van der Waals surface area contributed by atoms with Crippen LogP contribution in [0, 0.1) is 56.7 Å². The molecule has 8 N–H and O–H groups in total. The number of ether oxygens (including phenoxy) is 7. The highest BCUT2D eigenvalue weighted by Gasteiger charge is 2.70. The van der Waals surface area contributed by atoms with E-state index in [0.717, 1.165) is 51.4 Å². The standard InChI is InChI=1S/C50H82O16/c1-11-60-45(59)50-19-14-23(2)24(3)32(50)27-12-13-30-47(8)17-16-31(46(6,7)29(47)15-18-49(30,10)48(27,9)20-21-50)64-44-41(66-43-38(57)36(55)34(53)26(5)62-43)39(58)40(28(22-51)63-44)65-42-37(56)35(54)33(52)25(4)61-42/h12,23-26,28-44,51-58H,11,13-22H2,1-10H3/t23-,24+,25+,26+,28-,29+,30-,31-,32+,33+,34+,35-,36-,37-,38-,39+,40-,41-,42+,43+,44+,47+,48-,49-,50+/m1/s1. The van der Waals surface area contributed by atoms with Crippen molar-refractivity contribution in [3.63, 3.8) is 0 Å². The van der Waals surface area contributed by atoms with Crippen molar-refractivity contribution in [3.05, 3.63) is 11.6 Å². The largest absolute Gasteiger partial charge is 0.466 e. The third-order valence-corrected chi connectivity index (χ3v) is 19.9. The molecule has 66 heavy (non-hydrogen) atoms. The SMILES string of the molecule is CCOC(=O)[C@]12CC[C@@H](C)[C@H](C)[C@H]1C1=CC[C@@H]3[C@@]4(C)CC[C@@H](O[C@@H]5O[C@H](CO)[C@@H](O[C@@H]6O[C@@H](C)[C@H](O)[C@@H](O)[C@H]6O)[C@H](O)[C@H]5O[C@@H]5O[C@@H](C)[C@H](O)[C@@H](O)[C@H]5O)C(C)(C)[C@@H]4CC[C@@]3(C)[C@]1(C)CC2. The monoisotopic (exact) mass is 939 g/mol. The molecule has 16 heteroatoms. The number of carbonyl (C=O) groups excluding carboxylic acids is 1. The highest BCUT2D eigenvalue weighted by molar-refractivity contribution is 5.79. The van der Waals surface area contributed by atoms with Crippen LogP contribution in [0.3, 0.4) is 0 Å². The fourth-order valence-corrected chi connectivity index (χ4v) is 15.5. The maximum atomic E-state index is 14.0. The molecule has 3 heterocycles. The lowest BCUT2D eigenvalue weighted by Gasteiger charge is -2.71. The third-order valence-electron chi connectivity index (χ3n) is 19.9. The third kappa shape index (κ3) is 7.81. The van der Waals surface area contributed by atoms with Gasteiger partial charge < -0.3 is 74.0 Å². The second-order valence-corrected chi connectivity index (χ2v) is 23.3. The Labute approximate surface area is 390 Å². The second kappa shape index (κ2) is 18.4. The van der Waals surface area contributed by atoms with Gasteiger partial charge in [0.2, 0.25) is 0 Å². The van der Waals surface area contributed by atoms with Crippen molar-refractivity contribution in [3.8, 4) is 0 Å². The maximum Gasteiger partial charge on any atom is 0.312 e. The molecule has 0 spiro atoms. The minimum atomic E-state index is -1.73. The zero-order valence-corrected chi connectivity index (χ0v) is 40.8. The van der Waals surface area contributed by atoms with E-state index in [1.54, 1.807) is 0 Å². The number of fused-ring (bicyclic) bond motifs is 7. The van der Waals surface area contributed by atoms with Crippen LogP contribution in [0.1, 0.15) is 127 Å². The van der Waals surface area contributed by atoms with E-state index in [4.69, 9.17) is 33.2 Å². The Morgan fingerprint density at radius 3 is 1.86 bits per heavy atom. The number of hydrogen-bond donors (Lipinski definition) is 8. The van der Waals surface area contributed by atoms with E-state index < -0.39 is 116 Å². The first-order valence-corrected chi connectivity index (χ1v) is 25.1. The van der Waals surface area contributed by atoms with Gasteiger partial charge in [-0.05, 0) is 130 Å². The van der Waals surface area contributed by atoms with Crippen molar-refractivity contribution in [1.82, 2.24) is 0 Å². The highest BCUT2D eigenvalue weighted by atomic mass is 16.8. The summed E-state index contributed by atoms with van der Waals surface area (Å²) in [5.41, 5.74) is 0.355. The summed E-state index contributed by atoms with van der Waals surface area (Å²) in [7, 11) is 0. The van der Waals surface area contributed by atoms with Crippen molar-refractivity contribution in [2.75, 3.05) is 13.2 Å². The van der Waals surface area contributed by atoms with Gasteiger partial charge >= 0.3 is 5.97 Å². The molecule has 8 aliphatic rings. The molecule has 8 rings (SSSR count). The predicted molar refractivity (Wildman–Crippen MR) is 237 cm³/mol. The second-order valence-electron chi connectivity index (χ2n) is 23.3. The van der Waals surface area contributed by atoms with Crippen LogP contribution < -0.4 is 0 Å². The van der Waals surface area contributed by atoms with Crippen molar-refractivity contribution in [1.29, 1.82) is 0 Å². The summed E-state index contributed by atoms with van der Waals surface area (Å²) in [6.07, 6.45) is -11.6. The summed E-state index contributed by atoms with van der Waals surface area (Å²) < 4.78 is 43.2. The Bertz CT molecular complexity index is 1780. The van der Waals surface area contributed by atoms with E-state index in [0.29, 0.717) is 30.8 Å². The fraction of sp³-hybridized carbons (Fsp3) is 0.940. The van der Waals surface area contributed by atoms with Crippen molar-refractivity contribution < 1.29 is 78.8 Å². The number of hydrogen-bond acceptors (Lipinski definition) is 16. The lowest BCUT2D eigenvalue weighted by Crippen LogP contribution is -2.68.